The predicted molar refractivity (Wildman–Crippen MR) is 119 cm³/mol. The smallest absolute Gasteiger partial charge is 0.251 e. The van der Waals surface area contributed by atoms with Gasteiger partial charge < -0.3 is 25.0 Å². The Bertz CT molecular complexity index is 846. The first-order valence-electron chi connectivity index (χ1n) is 10.8. The quantitative estimate of drug-likeness (QED) is 0.572. The Hall–Kier alpha value is -2.41. The zero-order valence-corrected chi connectivity index (χ0v) is 18.5. The number of hydrogen-bond donors (Lipinski definition) is 3. The Kier molecular flexibility index (Phi) is 7.36. The summed E-state index contributed by atoms with van der Waals surface area (Å²) in [6.45, 7) is 5.97. The minimum atomic E-state index is -0.936. The number of nitrogens with one attached hydrogen (secondary N) is 1. The fraction of sp³-hybridized carbons (Fsp3) is 0.480. The lowest BCUT2D eigenvalue weighted by Crippen LogP contribution is -2.46. The SMILES string of the molecule is CC(C)(O)C1CCC(C)(C(O)COc2ccc(CCNC(=O)c3ccccc3)cc2)O1. The fourth-order valence-corrected chi connectivity index (χ4v) is 3.72. The second kappa shape index (κ2) is 9.81. The third-order valence-corrected chi connectivity index (χ3v) is 5.87. The molecule has 0 spiro atoms. The third-order valence-electron chi connectivity index (χ3n) is 5.87. The average molecular weight is 428 g/mol. The highest BCUT2D eigenvalue weighted by Gasteiger charge is 2.46. The number of rotatable bonds is 9. The molecule has 3 unspecified atom stereocenters. The molecule has 168 valence electrons. The van der Waals surface area contributed by atoms with E-state index >= 15 is 0 Å². The minimum Gasteiger partial charge on any atom is -0.491 e. The van der Waals surface area contributed by atoms with E-state index in [4.69, 9.17) is 9.47 Å². The molecule has 3 rings (SSSR count). The van der Waals surface area contributed by atoms with Crippen LogP contribution in [0.4, 0.5) is 0 Å². The van der Waals surface area contributed by atoms with Gasteiger partial charge in [-0.15, -0.1) is 0 Å². The molecule has 3 N–H and O–H groups in total. The van der Waals surface area contributed by atoms with E-state index in [9.17, 15) is 15.0 Å². The molecule has 3 atom stereocenters. The second-order valence-corrected chi connectivity index (χ2v) is 8.95. The lowest BCUT2D eigenvalue weighted by Gasteiger charge is -2.33. The van der Waals surface area contributed by atoms with Crippen molar-refractivity contribution >= 4 is 5.91 Å². The van der Waals surface area contributed by atoms with Crippen molar-refractivity contribution in [1.82, 2.24) is 5.32 Å². The first-order valence-corrected chi connectivity index (χ1v) is 10.8. The standard InChI is InChI=1S/C25H33NO5/c1-24(2,29)22-13-15-25(3,31-22)21(27)17-30-20-11-9-18(10-12-20)14-16-26-23(28)19-7-5-4-6-8-19/h4-12,21-22,27,29H,13-17H2,1-3H3,(H,26,28). The van der Waals surface area contributed by atoms with Crippen LogP contribution in [-0.4, -0.2) is 52.7 Å². The topological polar surface area (TPSA) is 88.0 Å². The van der Waals surface area contributed by atoms with Gasteiger partial charge in [-0.25, -0.2) is 0 Å². The van der Waals surface area contributed by atoms with Crippen LogP contribution in [0.5, 0.6) is 5.75 Å². The normalized spacial score (nSPS) is 22.2. The third kappa shape index (κ3) is 6.29. The summed E-state index contributed by atoms with van der Waals surface area (Å²) in [6, 6.07) is 16.8. The molecule has 31 heavy (non-hydrogen) atoms. The Morgan fingerprint density at radius 2 is 1.90 bits per heavy atom. The molecule has 1 fully saturated rings. The van der Waals surface area contributed by atoms with Crippen LogP contribution in [0.15, 0.2) is 54.6 Å². The lowest BCUT2D eigenvalue weighted by molar-refractivity contribution is -0.158. The van der Waals surface area contributed by atoms with E-state index in [2.05, 4.69) is 5.32 Å². The van der Waals surface area contributed by atoms with E-state index in [1.165, 1.54) is 0 Å². The number of hydrogen-bond acceptors (Lipinski definition) is 5. The Morgan fingerprint density at radius 1 is 1.23 bits per heavy atom. The summed E-state index contributed by atoms with van der Waals surface area (Å²) in [4.78, 5) is 12.1. The van der Waals surface area contributed by atoms with Gasteiger partial charge in [0.2, 0.25) is 0 Å². The molecule has 1 heterocycles. The second-order valence-electron chi connectivity index (χ2n) is 8.95. The molecule has 1 saturated heterocycles. The number of carbonyl (C=O) groups excluding carboxylic acids is 1. The maximum atomic E-state index is 12.1. The molecule has 1 aliphatic rings. The predicted octanol–water partition coefficient (Wildman–Crippen LogP) is 3.11. The highest BCUT2D eigenvalue weighted by atomic mass is 16.6. The highest BCUT2D eigenvalue weighted by molar-refractivity contribution is 5.94. The van der Waals surface area contributed by atoms with E-state index in [1.807, 2.05) is 49.4 Å². The summed E-state index contributed by atoms with van der Waals surface area (Å²) in [5.41, 5.74) is 0.0648. The molecule has 0 aliphatic carbocycles. The van der Waals surface area contributed by atoms with Gasteiger partial charge in [0.1, 0.15) is 18.5 Å². The molecule has 6 heteroatoms. The van der Waals surface area contributed by atoms with E-state index in [1.54, 1.807) is 26.0 Å². The maximum Gasteiger partial charge on any atom is 0.251 e. The van der Waals surface area contributed by atoms with Crippen molar-refractivity contribution in [3.63, 3.8) is 0 Å². The summed E-state index contributed by atoms with van der Waals surface area (Å²) in [7, 11) is 0. The molecule has 0 bridgehead atoms. The van der Waals surface area contributed by atoms with Crippen molar-refractivity contribution < 1.29 is 24.5 Å². The van der Waals surface area contributed by atoms with Gasteiger partial charge in [0, 0.05) is 12.1 Å². The average Bonchev–Trinajstić information content (AvgIpc) is 3.17. The van der Waals surface area contributed by atoms with Gasteiger partial charge in [-0.1, -0.05) is 30.3 Å². The van der Waals surface area contributed by atoms with Crippen molar-refractivity contribution in [2.24, 2.45) is 0 Å². The molecule has 0 aromatic heterocycles. The van der Waals surface area contributed by atoms with Gasteiger partial charge in [0.15, 0.2) is 0 Å². The van der Waals surface area contributed by atoms with Crippen LogP contribution in [0, 0.1) is 0 Å². The summed E-state index contributed by atoms with van der Waals surface area (Å²) in [6.07, 6.45) is 0.986. The lowest BCUT2D eigenvalue weighted by atomic mass is 9.94. The minimum absolute atomic E-state index is 0.0796. The van der Waals surface area contributed by atoms with E-state index in [-0.39, 0.29) is 18.6 Å². The Balaban J connectivity index is 1.43. The largest absolute Gasteiger partial charge is 0.491 e. The van der Waals surface area contributed by atoms with Gasteiger partial charge >= 0.3 is 0 Å². The molecular formula is C25H33NO5. The molecule has 2 aromatic carbocycles. The van der Waals surface area contributed by atoms with Gasteiger partial charge in [-0.3, -0.25) is 4.79 Å². The van der Waals surface area contributed by atoms with Crippen molar-refractivity contribution in [2.45, 2.75) is 63.4 Å². The van der Waals surface area contributed by atoms with E-state index < -0.39 is 17.3 Å². The first-order chi connectivity index (χ1) is 14.7. The van der Waals surface area contributed by atoms with Gasteiger partial charge in [-0.2, -0.15) is 0 Å². The van der Waals surface area contributed by atoms with Gasteiger partial charge in [0.05, 0.1) is 17.3 Å². The molecule has 6 nitrogen and oxygen atoms in total. The zero-order valence-electron chi connectivity index (χ0n) is 18.5. The number of carbonyl (C=O) groups is 1. The summed E-state index contributed by atoms with van der Waals surface area (Å²) < 4.78 is 11.7. The molecule has 2 aromatic rings. The van der Waals surface area contributed by atoms with Crippen LogP contribution >= 0.6 is 0 Å². The maximum absolute atomic E-state index is 12.1. The highest BCUT2D eigenvalue weighted by Crippen LogP contribution is 2.37. The molecule has 1 amide bonds. The summed E-state index contributed by atoms with van der Waals surface area (Å²) >= 11 is 0. The van der Waals surface area contributed by atoms with Crippen LogP contribution in [0.1, 0.15) is 49.5 Å². The van der Waals surface area contributed by atoms with Crippen LogP contribution in [0.25, 0.3) is 0 Å². The van der Waals surface area contributed by atoms with Gasteiger partial charge in [0.25, 0.3) is 5.91 Å². The molecule has 1 aliphatic heterocycles. The summed E-state index contributed by atoms with van der Waals surface area (Å²) in [5, 5.41) is 23.7. The van der Waals surface area contributed by atoms with Crippen LogP contribution in [0.2, 0.25) is 0 Å². The number of ether oxygens (including phenoxy) is 2. The van der Waals surface area contributed by atoms with Crippen LogP contribution in [0.3, 0.4) is 0 Å². The zero-order chi connectivity index (χ0) is 22.5. The van der Waals surface area contributed by atoms with E-state index in [0.717, 1.165) is 5.56 Å². The molecule has 0 radical (unpaired) electrons. The van der Waals surface area contributed by atoms with Crippen LogP contribution in [-0.2, 0) is 11.2 Å². The van der Waals surface area contributed by atoms with Crippen molar-refractivity contribution in [1.29, 1.82) is 0 Å². The first kappa shape index (κ1) is 23.3. The molecular weight excluding hydrogens is 394 g/mol. The van der Waals surface area contributed by atoms with Gasteiger partial charge in [-0.05, 0) is 69.9 Å². The van der Waals surface area contributed by atoms with E-state index in [0.29, 0.717) is 37.1 Å². The summed E-state index contributed by atoms with van der Waals surface area (Å²) in [5.74, 6) is 0.584. The number of aliphatic hydroxyl groups is 2. The number of benzene rings is 2. The number of amides is 1. The van der Waals surface area contributed by atoms with Crippen molar-refractivity contribution in [3.8, 4) is 5.75 Å². The fourth-order valence-electron chi connectivity index (χ4n) is 3.72. The monoisotopic (exact) mass is 427 g/mol. The molecule has 0 saturated carbocycles. The van der Waals surface area contributed by atoms with Crippen LogP contribution < -0.4 is 10.1 Å². The van der Waals surface area contributed by atoms with Crippen molar-refractivity contribution in [3.05, 3.63) is 65.7 Å². The number of aliphatic hydroxyl groups excluding tert-OH is 1. The Labute approximate surface area is 184 Å². The van der Waals surface area contributed by atoms with Crippen molar-refractivity contribution in [2.75, 3.05) is 13.2 Å². The Morgan fingerprint density at radius 3 is 2.52 bits per heavy atom.